The predicted octanol–water partition coefficient (Wildman–Crippen LogP) is 1.88. The molecule has 0 aliphatic carbocycles. The number of rotatable bonds is 6. The molecule has 158 valence electrons. The number of ether oxygens (including phenoxy) is 1. The van der Waals surface area contributed by atoms with Crippen molar-refractivity contribution in [2.24, 2.45) is 0 Å². The Morgan fingerprint density at radius 1 is 1.10 bits per heavy atom. The maximum atomic E-state index is 12.9. The minimum atomic E-state index is -3.55. The molecule has 1 aromatic carbocycles. The van der Waals surface area contributed by atoms with E-state index in [9.17, 15) is 8.42 Å². The molecule has 0 amide bonds. The molecule has 0 atom stereocenters. The minimum absolute atomic E-state index is 0.254. The zero-order chi connectivity index (χ0) is 21.1. The molecular weight excluding hydrogens is 406 g/mol. The molecule has 9 nitrogen and oxygen atoms in total. The van der Waals surface area contributed by atoms with E-state index in [0.717, 1.165) is 11.3 Å². The Morgan fingerprint density at radius 2 is 1.83 bits per heavy atom. The summed E-state index contributed by atoms with van der Waals surface area (Å²) >= 11 is 0. The number of nitrogens with zero attached hydrogens (tertiary/aromatic N) is 5. The molecule has 0 bridgehead atoms. The van der Waals surface area contributed by atoms with Crippen molar-refractivity contribution in [2.45, 2.75) is 18.2 Å². The van der Waals surface area contributed by atoms with Gasteiger partial charge in [0.2, 0.25) is 10.0 Å². The third kappa shape index (κ3) is 4.29. The summed E-state index contributed by atoms with van der Waals surface area (Å²) in [5.74, 6) is 1.21. The van der Waals surface area contributed by atoms with Crippen LogP contribution in [0.5, 0.6) is 5.75 Å². The lowest BCUT2D eigenvalue weighted by atomic mass is 10.1. The second kappa shape index (κ2) is 8.41. The van der Waals surface area contributed by atoms with E-state index in [0.29, 0.717) is 50.2 Å². The Labute approximate surface area is 175 Å². The van der Waals surface area contributed by atoms with Crippen LogP contribution >= 0.6 is 0 Å². The van der Waals surface area contributed by atoms with Gasteiger partial charge in [0.15, 0.2) is 5.82 Å². The van der Waals surface area contributed by atoms with Gasteiger partial charge in [-0.15, -0.1) is 0 Å². The molecule has 0 radical (unpaired) electrons. The largest absolute Gasteiger partial charge is 0.497 e. The number of sulfonamides is 1. The van der Waals surface area contributed by atoms with Crippen LogP contribution in [0.4, 0.5) is 6.01 Å². The Balaban J connectivity index is 1.39. The van der Waals surface area contributed by atoms with Crippen molar-refractivity contribution in [3.63, 3.8) is 0 Å². The number of pyridine rings is 1. The van der Waals surface area contributed by atoms with Gasteiger partial charge in [-0.05, 0) is 48.9 Å². The lowest BCUT2D eigenvalue weighted by Gasteiger charge is -2.32. The van der Waals surface area contributed by atoms with Crippen molar-refractivity contribution >= 4 is 16.0 Å². The summed E-state index contributed by atoms with van der Waals surface area (Å²) in [6, 6.07) is 10.7. The molecule has 30 heavy (non-hydrogen) atoms. The van der Waals surface area contributed by atoms with Crippen LogP contribution in [0.1, 0.15) is 17.1 Å². The second-order valence-electron chi connectivity index (χ2n) is 7.04. The van der Waals surface area contributed by atoms with Gasteiger partial charge in [0.1, 0.15) is 5.75 Å². The first kappa shape index (κ1) is 20.3. The first-order chi connectivity index (χ1) is 14.5. The molecule has 0 N–H and O–H groups in total. The summed E-state index contributed by atoms with van der Waals surface area (Å²) in [6.45, 7) is 3.58. The third-order valence-corrected chi connectivity index (χ3v) is 6.90. The fourth-order valence-corrected chi connectivity index (χ4v) is 4.78. The van der Waals surface area contributed by atoms with Crippen LogP contribution in [0.15, 0.2) is 52.0 Å². The van der Waals surface area contributed by atoms with Crippen molar-refractivity contribution in [1.29, 1.82) is 0 Å². The average Bonchev–Trinajstić information content (AvgIpc) is 3.22. The summed E-state index contributed by atoms with van der Waals surface area (Å²) in [5, 5.41) is 4.06. The highest BCUT2D eigenvalue weighted by molar-refractivity contribution is 7.89. The molecular formula is C20H23N5O4S. The molecule has 4 rings (SSSR count). The predicted molar refractivity (Wildman–Crippen MR) is 110 cm³/mol. The Kier molecular flexibility index (Phi) is 5.69. The molecule has 1 aliphatic heterocycles. The van der Waals surface area contributed by atoms with Gasteiger partial charge >= 0.3 is 6.01 Å². The summed E-state index contributed by atoms with van der Waals surface area (Å²) in [6.07, 6.45) is 2.31. The zero-order valence-corrected chi connectivity index (χ0v) is 17.7. The second-order valence-corrected chi connectivity index (χ2v) is 8.98. The maximum absolute atomic E-state index is 12.9. The van der Waals surface area contributed by atoms with Gasteiger partial charge in [0.05, 0.1) is 12.0 Å². The van der Waals surface area contributed by atoms with E-state index in [1.807, 2.05) is 24.0 Å². The van der Waals surface area contributed by atoms with Crippen LogP contribution in [-0.2, 0) is 16.4 Å². The number of piperazine rings is 1. The normalized spacial score (nSPS) is 15.3. The zero-order valence-electron chi connectivity index (χ0n) is 16.9. The smallest absolute Gasteiger partial charge is 0.324 e. The summed E-state index contributed by atoms with van der Waals surface area (Å²) < 4.78 is 37.7. The first-order valence-electron chi connectivity index (χ1n) is 9.59. The van der Waals surface area contributed by atoms with Crippen LogP contribution in [0.3, 0.4) is 0 Å². The number of anilines is 1. The molecule has 2 aromatic heterocycles. The Hall–Kier alpha value is -2.98. The van der Waals surface area contributed by atoms with Gasteiger partial charge in [-0.25, -0.2) is 8.42 Å². The van der Waals surface area contributed by atoms with Crippen LogP contribution < -0.4 is 9.64 Å². The molecule has 0 spiro atoms. The number of methoxy groups -OCH3 is 1. The van der Waals surface area contributed by atoms with Crippen molar-refractivity contribution in [3.8, 4) is 5.75 Å². The molecule has 10 heteroatoms. The van der Waals surface area contributed by atoms with Crippen molar-refractivity contribution in [2.75, 3.05) is 38.2 Å². The van der Waals surface area contributed by atoms with Crippen LogP contribution in [-0.4, -0.2) is 61.1 Å². The maximum Gasteiger partial charge on any atom is 0.324 e. The SMILES string of the molecule is COc1ccc(S(=O)(=O)N2CCN(c3nc(Cc4ccnc(C)c4)no3)CC2)cc1. The van der Waals surface area contributed by atoms with E-state index < -0.39 is 10.0 Å². The molecule has 0 saturated carbocycles. The highest BCUT2D eigenvalue weighted by Gasteiger charge is 2.30. The lowest BCUT2D eigenvalue weighted by molar-refractivity contribution is 0.353. The van der Waals surface area contributed by atoms with Gasteiger partial charge in [0, 0.05) is 44.5 Å². The van der Waals surface area contributed by atoms with E-state index >= 15 is 0 Å². The van der Waals surface area contributed by atoms with Gasteiger partial charge in [0.25, 0.3) is 0 Å². The van der Waals surface area contributed by atoms with E-state index in [-0.39, 0.29) is 4.90 Å². The van der Waals surface area contributed by atoms with E-state index in [4.69, 9.17) is 9.26 Å². The molecule has 1 fully saturated rings. The van der Waals surface area contributed by atoms with E-state index in [1.54, 1.807) is 37.6 Å². The highest BCUT2D eigenvalue weighted by atomic mass is 32.2. The van der Waals surface area contributed by atoms with E-state index in [2.05, 4.69) is 15.1 Å². The molecule has 3 heterocycles. The van der Waals surface area contributed by atoms with Crippen LogP contribution in [0.25, 0.3) is 0 Å². The summed E-state index contributed by atoms with van der Waals surface area (Å²) in [5.41, 5.74) is 2.00. The van der Waals surface area contributed by atoms with Gasteiger partial charge in [-0.2, -0.15) is 9.29 Å². The van der Waals surface area contributed by atoms with Crippen molar-refractivity contribution in [3.05, 3.63) is 59.7 Å². The fraction of sp³-hybridized carbons (Fsp3) is 0.350. The average molecular weight is 430 g/mol. The Bertz CT molecular complexity index is 1110. The van der Waals surface area contributed by atoms with Gasteiger partial charge < -0.3 is 14.2 Å². The molecule has 1 saturated heterocycles. The van der Waals surface area contributed by atoms with Crippen molar-refractivity contribution in [1.82, 2.24) is 19.4 Å². The minimum Gasteiger partial charge on any atom is -0.497 e. The number of hydrogen-bond acceptors (Lipinski definition) is 8. The summed E-state index contributed by atoms with van der Waals surface area (Å²) in [7, 11) is -2.01. The fourth-order valence-electron chi connectivity index (χ4n) is 3.36. The summed E-state index contributed by atoms with van der Waals surface area (Å²) in [4.78, 5) is 10.8. The standard InChI is InChI=1S/C20H23N5O4S/c1-15-13-16(7-8-21-15)14-19-22-20(29-23-19)24-9-11-25(12-10-24)30(26,27)18-5-3-17(28-2)4-6-18/h3-8,13H,9-12,14H2,1-2H3. The van der Waals surface area contributed by atoms with E-state index in [1.165, 1.54) is 4.31 Å². The monoisotopic (exact) mass is 429 g/mol. The number of aryl methyl sites for hydroxylation is 1. The first-order valence-corrected chi connectivity index (χ1v) is 11.0. The molecule has 3 aromatic rings. The van der Waals surface area contributed by atoms with Crippen molar-refractivity contribution < 1.29 is 17.7 Å². The Morgan fingerprint density at radius 3 is 2.50 bits per heavy atom. The van der Waals surface area contributed by atoms with Gasteiger partial charge in [-0.3, -0.25) is 4.98 Å². The molecule has 0 unspecified atom stereocenters. The van der Waals surface area contributed by atoms with Crippen LogP contribution in [0, 0.1) is 6.92 Å². The highest BCUT2D eigenvalue weighted by Crippen LogP contribution is 2.22. The quantitative estimate of drug-likeness (QED) is 0.585. The lowest BCUT2D eigenvalue weighted by Crippen LogP contribution is -2.48. The third-order valence-electron chi connectivity index (χ3n) is 4.99. The van der Waals surface area contributed by atoms with Crippen LogP contribution in [0.2, 0.25) is 0 Å². The topological polar surface area (TPSA) is 102 Å². The van der Waals surface area contributed by atoms with Gasteiger partial charge in [-0.1, -0.05) is 5.16 Å². The number of hydrogen-bond donors (Lipinski definition) is 0. The number of aromatic nitrogens is 3. The molecule has 1 aliphatic rings. The number of benzene rings is 1.